The zero-order valence-electron chi connectivity index (χ0n) is 14.1. The monoisotopic (exact) mass is 324 g/mol. The predicted octanol–water partition coefficient (Wildman–Crippen LogP) is 4.33. The van der Waals surface area contributed by atoms with E-state index in [1.54, 1.807) is 12.1 Å². The van der Waals surface area contributed by atoms with Crippen LogP contribution in [0.15, 0.2) is 24.3 Å². The Kier molecular flexibility index (Phi) is 7.54. The number of carbonyl (C=O) groups is 2. The summed E-state index contributed by atoms with van der Waals surface area (Å²) in [4.78, 5) is 31.4. The van der Waals surface area contributed by atoms with Crippen molar-refractivity contribution < 1.29 is 29.1 Å². The zero-order valence-corrected chi connectivity index (χ0v) is 14.1. The molecule has 1 aromatic rings. The van der Waals surface area contributed by atoms with Gasteiger partial charge in [0.15, 0.2) is 0 Å². The molecule has 128 valence electrons. The summed E-state index contributed by atoms with van der Waals surface area (Å²) in [6.07, 6.45) is 1.66. The summed E-state index contributed by atoms with van der Waals surface area (Å²) in [5.41, 5.74) is 1.36. The van der Waals surface area contributed by atoms with Crippen molar-refractivity contribution in [3.63, 3.8) is 0 Å². The molecule has 0 unspecified atom stereocenters. The van der Waals surface area contributed by atoms with Gasteiger partial charge in [0.25, 0.3) is 0 Å². The van der Waals surface area contributed by atoms with Crippen LogP contribution in [0.2, 0.25) is 0 Å². The molecular weight excluding hydrogens is 300 g/mol. The fraction of sp³-hybridized carbons (Fsp3) is 0.529. The second kappa shape index (κ2) is 9.15. The zero-order chi connectivity index (χ0) is 17.3. The molecule has 0 atom stereocenters. The van der Waals surface area contributed by atoms with Gasteiger partial charge in [-0.25, -0.2) is 14.5 Å². The van der Waals surface area contributed by atoms with Crippen LogP contribution >= 0.6 is 0 Å². The molecule has 0 radical (unpaired) electrons. The van der Waals surface area contributed by atoms with Crippen LogP contribution < -0.4 is 0 Å². The maximum Gasteiger partial charge on any atom is 0.543 e. The Morgan fingerprint density at radius 1 is 1.00 bits per heavy atom. The van der Waals surface area contributed by atoms with Crippen LogP contribution in [-0.4, -0.2) is 18.7 Å². The lowest BCUT2D eigenvalue weighted by Gasteiger charge is -2.18. The normalized spacial score (nSPS) is 11.0. The van der Waals surface area contributed by atoms with Gasteiger partial charge in [-0.2, -0.15) is 0 Å². The van der Waals surface area contributed by atoms with E-state index in [4.69, 9.17) is 4.74 Å². The molecule has 0 aliphatic carbocycles. The third-order valence-corrected chi connectivity index (χ3v) is 3.17. The molecule has 0 spiro atoms. The minimum atomic E-state index is -1.04. The summed E-state index contributed by atoms with van der Waals surface area (Å²) < 4.78 is 4.71. The molecule has 0 aliphatic heterocycles. The number of unbranched alkanes of at least 4 members (excludes halogenated alkanes) is 2. The van der Waals surface area contributed by atoms with Gasteiger partial charge in [0, 0.05) is 0 Å². The van der Waals surface area contributed by atoms with Gasteiger partial charge in [-0.3, -0.25) is 4.89 Å². The summed E-state index contributed by atoms with van der Waals surface area (Å²) in [7, 11) is 0. The smallest absolute Gasteiger partial charge is 0.432 e. The minimum Gasteiger partial charge on any atom is -0.432 e. The minimum absolute atomic E-state index is 0.0103. The SMILES string of the molecule is CCCCCOC(=O)OOOC(=O)c1ccc(C(C)(C)C)cc1. The highest BCUT2D eigenvalue weighted by Crippen LogP contribution is 2.22. The first kappa shape index (κ1) is 19.0. The van der Waals surface area contributed by atoms with Crippen molar-refractivity contribution >= 4 is 12.1 Å². The second-order valence-corrected chi connectivity index (χ2v) is 6.16. The van der Waals surface area contributed by atoms with Crippen molar-refractivity contribution in [3.8, 4) is 0 Å². The van der Waals surface area contributed by atoms with Crippen molar-refractivity contribution in [1.29, 1.82) is 0 Å². The number of rotatable bonds is 7. The van der Waals surface area contributed by atoms with Crippen molar-refractivity contribution in [2.75, 3.05) is 6.61 Å². The molecule has 0 heterocycles. The van der Waals surface area contributed by atoms with Gasteiger partial charge >= 0.3 is 12.1 Å². The Labute approximate surface area is 136 Å². The Bertz CT molecular complexity index is 501. The van der Waals surface area contributed by atoms with Gasteiger partial charge in [-0.15, -0.1) is 0 Å². The number of hydrogen-bond acceptors (Lipinski definition) is 6. The quantitative estimate of drug-likeness (QED) is 0.322. The Morgan fingerprint density at radius 3 is 2.22 bits per heavy atom. The fourth-order valence-electron chi connectivity index (χ4n) is 1.76. The highest BCUT2D eigenvalue weighted by molar-refractivity contribution is 5.88. The van der Waals surface area contributed by atoms with Crippen LogP contribution in [0.4, 0.5) is 4.79 Å². The van der Waals surface area contributed by atoms with E-state index in [1.165, 1.54) is 0 Å². The first-order valence-electron chi connectivity index (χ1n) is 7.67. The van der Waals surface area contributed by atoms with E-state index >= 15 is 0 Å². The van der Waals surface area contributed by atoms with E-state index in [-0.39, 0.29) is 17.6 Å². The maximum absolute atomic E-state index is 11.7. The largest absolute Gasteiger partial charge is 0.543 e. The van der Waals surface area contributed by atoms with Gasteiger partial charge in [0.05, 0.1) is 17.2 Å². The number of hydrogen-bond donors (Lipinski definition) is 0. The van der Waals surface area contributed by atoms with Crippen LogP contribution in [0.5, 0.6) is 0 Å². The average molecular weight is 324 g/mol. The van der Waals surface area contributed by atoms with Crippen LogP contribution in [0.25, 0.3) is 0 Å². The van der Waals surface area contributed by atoms with E-state index in [0.717, 1.165) is 24.8 Å². The van der Waals surface area contributed by atoms with E-state index < -0.39 is 12.1 Å². The third kappa shape index (κ3) is 7.15. The molecule has 0 saturated heterocycles. The molecule has 6 heteroatoms. The Hall–Kier alpha value is -2.08. The van der Waals surface area contributed by atoms with E-state index in [2.05, 4.69) is 35.6 Å². The standard InChI is InChI=1S/C17H24O6/c1-5-6-7-12-20-16(19)22-23-21-15(18)13-8-10-14(11-9-13)17(2,3)4/h8-11H,5-7,12H2,1-4H3. The second-order valence-electron chi connectivity index (χ2n) is 6.16. The van der Waals surface area contributed by atoms with Crippen LogP contribution in [0.1, 0.15) is 62.9 Å². The van der Waals surface area contributed by atoms with Crippen molar-refractivity contribution in [3.05, 3.63) is 35.4 Å². The number of benzene rings is 1. The molecule has 6 nitrogen and oxygen atoms in total. The molecule has 0 N–H and O–H groups in total. The maximum atomic E-state index is 11.7. The van der Waals surface area contributed by atoms with E-state index in [9.17, 15) is 9.59 Å². The first-order valence-corrected chi connectivity index (χ1v) is 7.67. The van der Waals surface area contributed by atoms with Gasteiger partial charge in [-0.05, 0) is 29.5 Å². The summed E-state index contributed by atoms with van der Waals surface area (Å²) in [5, 5.41) is 4.14. The average Bonchev–Trinajstić information content (AvgIpc) is 2.51. The fourth-order valence-corrected chi connectivity index (χ4v) is 1.76. The molecule has 0 amide bonds. The van der Waals surface area contributed by atoms with Crippen molar-refractivity contribution in [2.45, 2.75) is 52.4 Å². The highest BCUT2D eigenvalue weighted by atomic mass is 17.5. The summed E-state index contributed by atoms with van der Waals surface area (Å²) in [6.45, 7) is 8.49. The number of ether oxygens (including phenoxy) is 1. The van der Waals surface area contributed by atoms with Crippen LogP contribution in [-0.2, 0) is 25.0 Å². The molecule has 0 aliphatic rings. The van der Waals surface area contributed by atoms with Crippen LogP contribution in [0, 0.1) is 0 Å². The lowest BCUT2D eigenvalue weighted by molar-refractivity contribution is -0.452. The number of carbonyl (C=O) groups excluding carboxylic acids is 2. The topological polar surface area (TPSA) is 71.1 Å². The molecule has 1 rings (SSSR count). The van der Waals surface area contributed by atoms with E-state index in [0.29, 0.717) is 0 Å². The Morgan fingerprint density at radius 2 is 1.65 bits per heavy atom. The van der Waals surface area contributed by atoms with Gasteiger partial charge in [-0.1, -0.05) is 52.7 Å². The highest BCUT2D eigenvalue weighted by Gasteiger charge is 2.16. The lowest BCUT2D eigenvalue weighted by atomic mass is 9.87. The van der Waals surface area contributed by atoms with Crippen molar-refractivity contribution in [1.82, 2.24) is 0 Å². The van der Waals surface area contributed by atoms with Gasteiger partial charge < -0.3 is 4.74 Å². The molecule has 0 fully saturated rings. The molecular formula is C17H24O6. The summed E-state index contributed by atoms with van der Waals surface area (Å²) >= 11 is 0. The molecule has 1 aromatic carbocycles. The van der Waals surface area contributed by atoms with Gasteiger partial charge in [0.2, 0.25) is 0 Å². The van der Waals surface area contributed by atoms with E-state index in [1.807, 2.05) is 19.1 Å². The molecule has 0 aromatic heterocycles. The van der Waals surface area contributed by atoms with Gasteiger partial charge in [0.1, 0.15) is 0 Å². The third-order valence-electron chi connectivity index (χ3n) is 3.17. The summed E-state index contributed by atoms with van der Waals surface area (Å²) in [6, 6.07) is 6.91. The summed E-state index contributed by atoms with van der Waals surface area (Å²) in [5.74, 6) is -0.760. The molecule has 0 saturated carbocycles. The predicted molar refractivity (Wildman–Crippen MR) is 83.6 cm³/mol. The van der Waals surface area contributed by atoms with Crippen LogP contribution in [0.3, 0.4) is 0 Å². The first-order chi connectivity index (χ1) is 10.8. The van der Waals surface area contributed by atoms with Crippen molar-refractivity contribution in [2.24, 2.45) is 0 Å². The molecule has 23 heavy (non-hydrogen) atoms. The lowest BCUT2D eigenvalue weighted by Crippen LogP contribution is -2.14. The molecule has 0 bridgehead atoms. The Balaban J connectivity index is 2.32.